The van der Waals surface area contributed by atoms with Gasteiger partial charge in [0.25, 0.3) is 0 Å². The maximum Gasteiger partial charge on any atom is 0.234 e. The number of nitrogens with one attached hydrogen (secondary N) is 1. The van der Waals surface area contributed by atoms with Gasteiger partial charge in [-0.25, -0.2) is 4.98 Å². The zero-order valence-electron chi connectivity index (χ0n) is 17.9. The molecule has 1 N–H and O–H groups in total. The molecule has 0 saturated heterocycles. The molecule has 0 unspecified atom stereocenters. The van der Waals surface area contributed by atoms with Crippen molar-refractivity contribution in [2.24, 2.45) is 0 Å². The summed E-state index contributed by atoms with van der Waals surface area (Å²) in [6.07, 6.45) is 2.68. The average molecular weight is 472 g/mol. The van der Waals surface area contributed by atoms with Gasteiger partial charge in [-0.15, -0.1) is 11.8 Å². The van der Waals surface area contributed by atoms with Gasteiger partial charge < -0.3 is 10.1 Å². The van der Waals surface area contributed by atoms with Gasteiger partial charge in [-0.05, 0) is 36.1 Å². The van der Waals surface area contributed by atoms with Crippen LogP contribution in [0.3, 0.4) is 0 Å². The van der Waals surface area contributed by atoms with Gasteiger partial charge in [0.2, 0.25) is 11.8 Å². The first kappa shape index (κ1) is 21.6. The van der Waals surface area contributed by atoms with Gasteiger partial charge in [0.15, 0.2) is 5.82 Å². The molecular formula is C26H21N3O2S2. The highest BCUT2D eigenvalue weighted by Gasteiger charge is 2.24. The summed E-state index contributed by atoms with van der Waals surface area (Å²) in [6, 6.07) is 25.6. The molecule has 0 bridgehead atoms. The normalized spacial score (nSPS) is 11.8. The van der Waals surface area contributed by atoms with Crippen molar-refractivity contribution >= 4 is 35.1 Å². The predicted octanol–water partition coefficient (Wildman–Crippen LogP) is 6.29. The molecule has 1 aromatic heterocycles. The lowest BCUT2D eigenvalue weighted by Gasteiger charge is -2.21. The molecule has 0 radical (unpaired) electrons. The quantitative estimate of drug-likeness (QED) is 0.232. The lowest BCUT2D eigenvalue weighted by Crippen LogP contribution is -2.15. The monoisotopic (exact) mass is 471 g/mol. The Morgan fingerprint density at radius 1 is 1.00 bits per heavy atom. The molecule has 0 spiro atoms. The Bertz CT molecular complexity index is 1310. The Balaban J connectivity index is 1.41. The number of anilines is 1. The zero-order valence-corrected chi connectivity index (χ0v) is 19.6. The maximum atomic E-state index is 12.7. The third-order valence-electron chi connectivity index (χ3n) is 5.20. The Morgan fingerprint density at radius 2 is 1.82 bits per heavy atom. The molecule has 33 heavy (non-hydrogen) atoms. The van der Waals surface area contributed by atoms with E-state index in [-0.39, 0.29) is 11.7 Å². The zero-order chi connectivity index (χ0) is 22.6. The fourth-order valence-electron chi connectivity index (χ4n) is 3.59. The van der Waals surface area contributed by atoms with Crippen LogP contribution in [0.15, 0.2) is 88.8 Å². The third-order valence-corrected chi connectivity index (χ3v) is 6.95. The van der Waals surface area contributed by atoms with Crippen LogP contribution in [0.5, 0.6) is 11.6 Å². The first-order valence-corrected chi connectivity index (χ1v) is 12.7. The molecule has 1 aliphatic rings. The van der Waals surface area contributed by atoms with E-state index >= 15 is 0 Å². The molecule has 2 heterocycles. The Kier molecular flexibility index (Phi) is 6.32. The summed E-state index contributed by atoms with van der Waals surface area (Å²) in [4.78, 5) is 23.3. The first-order valence-electron chi connectivity index (χ1n) is 10.5. The van der Waals surface area contributed by atoms with Crippen LogP contribution in [-0.4, -0.2) is 27.9 Å². The summed E-state index contributed by atoms with van der Waals surface area (Å²) in [5.41, 5.74) is 3.69. The first-order chi connectivity index (χ1) is 16.2. The third kappa shape index (κ3) is 4.89. The van der Waals surface area contributed by atoms with E-state index < -0.39 is 0 Å². The Hall–Kier alpha value is -3.29. The molecule has 5 rings (SSSR count). The number of aromatic nitrogens is 2. The number of fused-ring (bicyclic) bond motifs is 2. The molecule has 0 aliphatic carbocycles. The summed E-state index contributed by atoms with van der Waals surface area (Å²) in [5.74, 6) is 2.11. The number of para-hydroxylation sites is 1. The molecule has 164 valence electrons. The minimum Gasteiger partial charge on any atom is -0.438 e. The summed E-state index contributed by atoms with van der Waals surface area (Å²) in [7, 11) is 0. The van der Waals surface area contributed by atoms with Gasteiger partial charge in [-0.2, -0.15) is 4.98 Å². The van der Waals surface area contributed by atoms with Crippen molar-refractivity contribution < 1.29 is 9.53 Å². The van der Waals surface area contributed by atoms with Gasteiger partial charge in [0.05, 0.1) is 11.3 Å². The van der Waals surface area contributed by atoms with Crippen LogP contribution < -0.4 is 10.1 Å². The summed E-state index contributed by atoms with van der Waals surface area (Å²) < 4.78 is 6.14. The molecule has 5 nitrogen and oxygen atoms in total. The van der Waals surface area contributed by atoms with Crippen molar-refractivity contribution in [3.63, 3.8) is 0 Å². The summed E-state index contributed by atoms with van der Waals surface area (Å²) in [5, 5.41) is 3.75. The summed E-state index contributed by atoms with van der Waals surface area (Å²) >= 11 is 3.05. The second kappa shape index (κ2) is 9.68. The minimum atomic E-state index is -0.0796. The number of amides is 1. The van der Waals surface area contributed by atoms with Crippen LogP contribution in [0, 0.1) is 0 Å². The van der Waals surface area contributed by atoms with Crippen LogP contribution in [-0.2, 0) is 11.2 Å². The Morgan fingerprint density at radius 3 is 2.67 bits per heavy atom. The second-order valence-corrected chi connectivity index (χ2v) is 9.30. The summed E-state index contributed by atoms with van der Waals surface area (Å²) in [6.45, 7) is 0. The van der Waals surface area contributed by atoms with Crippen molar-refractivity contribution in [2.45, 2.75) is 16.3 Å². The largest absolute Gasteiger partial charge is 0.438 e. The molecule has 0 atom stereocenters. The number of ether oxygens (including phenoxy) is 1. The van der Waals surface area contributed by atoms with Gasteiger partial charge >= 0.3 is 0 Å². The highest BCUT2D eigenvalue weighted by molar-refractivity contribution is 8.00. The van der Waals surface area contributed by atoms with E-state index in [1.54, 1.807) is 11.8 Å². The number of nitrogens with zero attached hydrogens (tertiary/aromatic N) is 2. The van der Waals surface area contributed by atoms with Crippen LogP contribution >= 0.6 is 23.5 Å². The maximum absolute atomic E-state index is 12.7. The number of hydrogen-bond acceptors (Lipinski definition) is 6. The number of carbonyl (C=O) groups is 1. The topological polar surface area (TPSA) is 64.1 Å². The van der Waals surface area contributed by atoms with E-state index in [2.05, 4.69) is 5.32 Å². The van der Waals surface area contributed by atoms with Crippen molar-refractivity contribution in [2.75, 3.05) is 17.3 Å². The number of carbonyl (C=O) groups excluding carboxylic acids is 1. The second-order valence-electron chi connectivity index (χ2n) is 7.46. The van der Waals surface area contributed by atoms with Gasteiger partial charge in [-0.3, -0.25) is 4.79 Å². The number of thioether (sulfide) groups is 2. The standard InChI is InChI=1S/C26H21N3O2S2/c1-32-20-12-7-11-19(15-20)27-23(30)16-33-26-21-14-18-10-5-6-13-22(18)31-25(21)28-24(29-26)17-8-3-2-4-9-17/h2-13,15H,14,16H2,1H3,(H,27,30). The van der Waals surface area contributed by atoms with Crippen molar-refractivity contribution in [3.05, 3.63) is 90.0 Å². The molecule has 0 fully saturated rings. The molecular weight excluding hydrogens is 450 g/mol. The highest BCUT2D eigenvalue weighted by atomic mass is 32.2. The van der Waals surface area contributed by atoms with E-state index in [1.807, 2.05) is 85.1 Å². The van der Waals surface area contributed by atoms with Gasteiger partial charge in [0.1, 0.15) is 10.8 Å². The fraction of sp³-hybridized carbons (Fsp3) is 0.115. The van der Waals surface area contributed by atoms with E-state index in [4.69, 9.17) is 14.7 Å². The van der Waals surface area contributed by atoms with Crippen molar-refractivity contribution in [1.82, 2.24) is 9.97 Å². The van der Waals surface area contributed by atoms with Crippen LogP contribution in [0.1, 0.15) is 11.1 Å². The molecule has 1 aliphatic heterocycles. The van der Waals surface area contributed by atoms with Crippen molar-refractivity contribution in [1.29, 1.82) is 0 Å². The van der Waals surface area contributed by atoms with Crippen LogP contribution in [0.4, 0.5) is 5.69 Å². The lowest BCUT2D eigenvalue weighted by molar-refractivity contribution is -0.113. The van der Waals surface area contributed by atoms with E-state index in [9.17, 15) is 4.79 Å². The molecule has 1 amide bonds. The molecule has 0 saturated carbocycles. The van der Waals surface area contributed by atoms with E-state index in [0.29, 0.717) is 18.1 Å². The van der Waals surface area contributed by atoms with Crippen LogP contribution in [0.2, 0.25) is 0 Å². The average Bonchev–Trinajstić information content (AvgIpc) is 2.86. The fourth-order valence-corrected chi connectivity index (χ4v) is 4.88. The molecule has 3 aromatic carbocycles. The van der Waals surface area contributed by atoms with Crippen molar-refractivity contribution in [3.8, 4) is 23.0 Å². The van der Waals surface area contributed by atoms with Crippen LogP contribution in [0.25, 0.3) is 11.4 Å². The minimum absolute atomic E-state index is 0.0796. The SMILES string of the molecule is CSc1cccc(NC(=O)CSc2nc(-c3ccccc3)nc3c2Cc2ccccc2O3)c1. The van der Waals surface area contributed by atoms with Gasteiger partial charge in [0, 0.05) is 22.6 Å². The lowest BCUT2D eigenvalue weighted by atomic mass is 10.0. The van der Waals surface area contributed by atoms with E-state index in [0.717, 1.165) is 38.0 Å². The number of benzene rings is 3. The number of rotatable bonds is 6. The highest BCUT2D eigenvalue weighted by Crippen LogP contribution is 2.40. The smallest absolute Gasteiger partial charge is 0.234 e. The Labute approximate surface area is 201 Å². The van der Waals surface area contributed by atoms with Gasteiger partial charge in [-0.1, -0.05) is 66.4 Å². The molecule has 7 heteroatoms. The molecule has 4 aromatic rings. The predicted molar refractivity (Wildman–Crippen MR) is 134 cm³/mol. The number of hydrogen-bond donors (Lipinski definition) is 1. The van der Waals surface area contributed by atoms with E-state index in [1.165, 1.54) is 11.8 Å².